The maximum Gasteiger partial charge on any atom is 0.190 e. The zero-order valence-electron chi connectivity index (χ0n) is 7.45. The topological polar surface area (TPSA) is 30.7 Å². The highest BCUT2D eigenvalue weighted by molar-refractivity contribution is 7.98. The SMILES string of the molecule is CCn1c(SC)nnc1C1CC1. The number of thioether (sulfide) groups is 1. The van der Waals surface area contributed by atoms with E-state index in [9.17, 15) is 0 Å². The van der Waals surface area contributed by atoms with Gasteiger partial charge >= 0.3 is 0 Å². The van der Waals surface area contributed by atoms with E-state index in [4.69, 9.17) is 0 Å². The maximum atomic E-state index is 4.21. The normalized spacial score (nSPS) is 16.8. The number of nitrogens with zero attached hydrogens (tertiary/aromatic N) is 3. The van der Waals surface area contributed by atoms with Crippen molar-refractivity contribution in [2.45, 2.75) is 37.4 Å². The lowest BCUT2D eigenvalue weighted by atomic mass is 10.4. The summed E-state index contributed by atoms with van der Waals surface area (Å²) < 4.78 is 2.22. The summed E-state index contributed by atoms with van der Waals surface area (Å²) in [4.78, 5) is 0. The van der Waals surface area contributed by atoms with Gasteiger partial charge in [0.05, 0.1) is 0 Å². The highest BCUT2D eigenvalue weighted by atomic mass is 32.2. The lowest BCUT2D eigenvalue weighted by Crippen LogP contribution is -2.01. The highest BCUT2D eigenvalue weighted by Gasteiger charge is 2.29. The molecule has 0 radical (unpaired) electrons. The van der Waals surface area contributed by atoms with Crippen LogP contribution in [-0.4, -0.2) is 21.0 Å². The Balaban J connectivity index is 2.33. The first-order valence-electron chi connectivity index (χ1n) is 4.34. The van der Waals surface area contributed by atoms with Crippen molar-refractivity contribution in [2.24, 2.45) is 0 Å². The third kappa shape index (κ3) is 1.24. The van der Waals surface area contributed by atoms with Gasteiger partial charge in [-0.2, -0.15) is 0 Å². The van der Waals surface area contributed by atoms with Crippen LogP contribution >= 0.6 is 11.8 Å². The molecule has 0 aromatic carbocycles. The smallest absolute Gasteiger partial charge is 0.190 e. The van der Waals surface area contributed by atoms with E-state index in [-0.39, 0.29) is 0 Å². The number of rotatable bonds is 3. The van der Waals surface area contributed by atoms with Gasteiger partial charge in [0, 0.05) is 12.5 Å². The average Bonchev–Trinajstić information content (AvgIpc) is 2.85. The molecule has 1 aromatic heterocycles. The van der Waals surface area contributed by atoms with E-state index in [1.165, 1.54) is 18.7 Å². The molecule has 0 saturated heterocycles. The van der Waals surface area contributed by atoms with Crippen LogP contribution in [-0.2, 0) is 6.54 Å². The van der Waals surface area contributed by atoms with Crippen LogP contribution in [0.1, 0.15) is 31.5 Å². The molecule has 0 spiro atoms. The zero-order chi connectivity index (χ0) is 8.55. The lowest BCUT2D eigenvalue weighted by Gasteiger charge is -2.03. The Labute approximate surface area is 76.6 Å². The van der Waals surface area contributed by atoms with E-state index in [1.807, 2.05) is 6.26 Å². The monoisotopic (exact) mass is 183 g/mol. The van der Waals surface area contributed by atoms with Crippen molar-refractivity contribution < 1.29 is 0 Å². The fourth-order valence-electron chi connectivity index (χ4n) is 1.39. The molecule has 0 unspecified atom stereocenters. The zero-order valence-corrected chi connectivity index (χ0v) is 8.27. The molecule has 1 aliphatic carbocycles. The molecule has 0 N–H and O–H groups in total. The predicted molar refractivity (Wildman–Crippen MR) is 49.5 cm³/mol. The first-order chi connectivity index (χ1) is 5.86. The van der Waals surface area contributed by atoms with Crippen LogP contribution in [0, 0.1) is 0 Å². The second kappa shape index (κ2) is 3.09. The molecule has 2 rings (SSSR count). The molecule has 0 atom stereocenters. The van der Waals surface area contributed by atoms with Crippen LogP contribution in [0.2, 0.25) is 0 Å². The van der Waals surface area contributed by atoms with E-state index in [0.29, 0.717) is 5.92 Å². The fraction of sp³-hybridized carbons (Fsp3) is 0.750. The van der Waals surface area contributed by atoms with E-state index in [0.717, 1.165) is 11.7 Å². The first kappa shape index (κ1) is 8.10. The third-order valence-corrected chi connectivity index (χ3v) is 2.85. The minimum atomic E-state index is 0.707. The Morgan fingerprint density at radius 2 is 2.25 bits per heavy atom. The summed E-state index contributed by atoms with van der Waals surface area (Å²) >= 11 is 1.68. The predicted octanol–water partition coefficient (Wildman–Crippen LogP) is 1.90. The molecule has 12 heavy (non-hydrogen) atoms. The Hall–Kier alpha value is -0.510. The van der Waals surface area contributed by atoms with Gasteiger partial charge in [-0.25, -0.2) is 0 Å². The van der Waals surface area contributed by atoms with Crippen molar-refractivity contribution in [2.75, 3.05) is 6.26 Å². The quantitative estimate of drug-likeness (QED) is 0.670. The molecule has 1 aromatic rings. The van der Waals surface area contributed by atoms with Crippen molar-refractivity contribution in [3.05, 3.63) is 5.82 Å². The lowest BCUT2D eigenvalue weighted by molar-refractivity contribution is 0.644. The van der Waals surface area contributed by atoms with Crippen LogP contribution in [0.15, 0.2) is 5.16 Å². The Morgan fingerprint density at radius 3 is 2.75 bits per heavy atom. The van der Waals surface area contributed by atoms with E-state index >= 15 is 0 Å². The first-order valence-corrected chi connectivity index (χ1v) is 5.56. The number of hydrogen-bond acceptors (Lipinski definition) is 3. The van der Waals surface area contributed by atoms with Gasteiger partial charge in [-0.05, 0) is 26.0 Å². The molecule has 0 amide bonds. The molecule has 3 nitrogen and oxygen atoms in total. The van der Waals surface area contributed by atoms with Gasteiger partial charge in [0.25, 0.3) is 0 Å². The standard InChI is InChI=1S/C8H13N3S/c1-3-11-7(6-4-5-6)9-10-8(11)12-2/h6H,3-5H2,1-2H3. The summed E-state index contributed by atoms with van der Waals surface area (Å²) in [7, 11) is 0. The van der Waals surface area contributed by atoms with Crippen LogP contribution in [0.3, 0.4) is 0 Å². The summed E-state index contributed by atoms with van der Waals surface area (Å²) in [6, 6.07) is 0. The van der Waals surface area contributed by atoms with E-state index in [1.54, 1.807) is 11.8 Å². The summed E-state index contributed by atoms with van der Waals surface area (Å²) in [6.45, 7) is 3.14. The maximum absolute atomic E-state index is 4.21. The van der Waals surface area contributed by atoms with Crippen molar-refractivity contribution in [1.29, 1.82) is 0 Å². The van der Waals surface area contributed by atoms with Gasteiger partial charge in [-0.15, -0.1) is 10.2 Å². The summed E-state index contributed by atoms with van der Waals surface area (Å²) in [5, 5.41) is 9.41. The van der Waals surface area contributed by atoms with Crippen LogP contribution in [0.25, 0.3) is 0 Å². The highest BCUT2D eigenvalue weighted by Crippen LogP contribution is 2.39. The fourth-order valence-corrected chi connectivity index (χ4v) is 1.96. The molecule has 66 valence electrons. The molecule has 1 fully saturated rings. The molecule has 0 aliphatic heterocycles. The van der Waals surface area contributed by atoms with E-state index in [2.05, 4.69) is 21.7 Å². The average molecular weight is 183 g/mol. The number of aromatic nitrogens is 3. The second-order valence-corrected chi connectivity index (χ2v) is 3.84. The summed E-state index contributed by atoms with van der Waals surface area (Å²) in [6.07, 6.45) is 4.64. The van der Waals surface area contributed by atoms with E-state index < -0.39 is 0 Å². The van der Waals surface area contributed by atoms with Crippen molar-refractivity contribution in [3.8, 4) is 0 Å². The largest absolute Gasteiger partial charge is 0.306 e. The van der Waals surface area contributed by atoms with Gasteiger partial charge in [-0.1, -0.05) is 11.8 Å². The molecule has 0 bridgehead atoms. The van der Waals surface area contributed by atoms with Crippen molar-refractivity contribution >= 4 is 11.8 Å². The van der Waals surface area contributed by atoms with Crippen LogP contribution in [0.5, 0.6) is 0 Å². The van der Waals surface area contributed by atoms with Gasteiger partial charge in [0.15, 0.2) is 5.16 Å². The molecule has 1 saturated carbocycles. The minimum absolute atomic E-state index is 0.707. The van der Waals surface area contributed by atoms with Gasteiger partial charge in [-0.3, -0.25) is 0 Å². The van der Waals surface area contributed by atoms with Crippen molar-refractivity contribution in [1.82, 2.24) is 14.8 Å². The Kier molecular flexibility index (Phi) is 2.09. The van der Waals surface area contributed by atoms with Crippen LogP contribution < -0.4 is 0 Å². The summed E-state index contributed by atoms with van der Waals surface area (Å²) in [5.74, 6) is 1.90. The Morgan fingerprint density at radius 1 is 1.50 bits per heavy atom. The molecule has 1 heterocycles. The van der Waals surface area contributed by atoms with Gasteiger partial charge in [0.2, 0.25) is 0 Å². The molecule has 4 heteroatoms. The van der Waals surface area contributed by atoms with Gasteiger partial charge < -0.3 is 4.57 Å². The van der Waals surface area contributed by atoms with Gasteiger partial charge in [0.1, 0.15) is 5.82 Å². The third-order valence-electron chi connectivity index (χ3n) is 2.19. The summed E-state index contributed by atoms with van der Waals surface area (Å²) in [5.41, 5.74) is 0. The molecular weight excluding hydrogens is 170 g/mol. The van der Waals surface area contributed by atoms with Crippen LogP contribution in [0.4, 0.5) is 0 Å². The second-order valence-electron chi connectivity index (χ2n) is 3.06. The number of hydrogen-bond donors (Lipinski definition) is 0. The minimum Gasteiger partial charge on any atom is -0.306 e. The molecular formula is C8H13N3S. The Bertz CT molecular complexity index is 278. The molecule has 1 aliphatic rings. The van der Waals surface area contributed by atoms with Crippen molar-refractivity contribution in [3.63, 3.8) is 0 Å².